The fourth-order valence-corrected chi connectivity index (χ4v) is 2.45. The van der Waals surface area contributed by atoms with Crippen LogP contribution in [-0.2, 0) is 4.79 Å². The quantitative estimate of drug-likeness (QED) is 0.742. The van der Waals surface area contributed by atoms with Crippen LogP contribution in [0.3, 0.4) is 0 Å². The first-order valence-corrected chi connectivity index (χ1v) is 7.72. The number of rotatable bonds is 5. The Balaban J connectivity index is 1.88. The molecule has 0 fully saturated rings. The molecule has 0 heterocycles. The van der Waals surface area contributed by atoms with Gasteiger partial charge in [-0.2, -0.15) is 0 Å². The summed E-state index contributed by atoms with van der Waals surface area (Å²) in [6.07, 6.45) is 0. The van der Waals surface area contributed by atoms with Crippen LogP contribution in [0.15, 0.2) is 59.5 Å². The molecule has 0 aliphatic rings. The highest BCUT2D eigenvalue weighted by Gasteiger charge is 2.05. The standard InChI is InChI=1S/C16H17N3O2S/c1-17-16(21)19-13-7-5-6-12(10-13)18-15(20)11-22-14-8-3-2-4-9-14/h2-10H,11H2,1H3,(H,18,20)(H2,17,19,21). The van der Waals surface area contributed by atoms with Crippen molar-refractivity contribution >= 4 is 35.1 Å². The fourth-order valence-electron chi connectivity index (χ4n) is 1.73. The molecule has 0 atom stereocenters. The van der Waals surface area contributed by atoms with E-state index in [2.05, 4.69) is 16.0 Å². The third kappa shape index (κ3) is 5.14. The van der Waals surface area contributed by atoms with Crippen LogP contribution in [0.1, 0.15) is 0 Å². The molecule has 2 aromatic carbocycles. The Kier molecular flexibility index (Phi) is 5.85. The first-order chi connectivity index (χ1) is 10.7. The zero-order valence-electron chi connectivity index (χ0n) is 12.1. The molecule has 2 aromatic rings. The largest absolute Gasteiger partial charge is 0.341 e. The maximum Gasteiger partial charge on any atom is 0.318 e. The Morgan fingerprint density at radius 3 is 2.32 bits per heavy atom. The monoisotopic (exact) mass is 315 g/mol. The second-order valence-electron chi connectivity index (χ2n) is 4.43. The van der Waals surface area contributed by atoms with E-state index in [1.54, 1.807) is 31.3 Å². The van der Waals surface area contributed by atoms with E-state index >= 15 is 0 Å². The second kappa shape index (κ2) is 8.09. The van der Waals surface area contributed by atoms with E-state index in [1.165, 1.54) is 11.8 Å². The number of thioether (sulfide) groups is 1. The molecule has 6 heteroatoms. The summed E-state index contributed by atoms with van der Waals surface area (Å²) in [5.41, 5.74) is 1.26. The van der Waals surface area contributed by atoms with Gasteiger partial charge in [-0.15, -0.1) is 11.8 Å². The van der Waals surface area contributed by atoms with Gasteiger partial charge < -0.3 is 16.0 Å². The minimum Gasteiger partial charge on any atom is -0.341 e. The molecule has 0 bridgehead atoms. The lowest BCUT2D eigenvalue weighted by atomic mass is 10.3. The van der Waals surface area contributed by atoms with Crippen molar-refractivity contribution in [3.8, 4) is 0 Å². The number of carbonyl (C=O) groups is 2. The van der Waals surface area contributed by atoms with Crippen LogP contribution in [0.2, 0.25) is 0 Å². The van der Waals surface area contributed by atoms with E-state index < -0.39 is 0 Å². The van der Waals surface area contributed by atoms with E-state index in [0.29, 0.717) is 17.1 Å². The fraction of sp³-hybridized carbons (Fsp3) is 0.125. The van der Waals surface area contributed by atoms with Gasteiger partial charge in [-0.25, -0.2) is 4.79 Å². The first-order valence-electron chi connectivity index (χ1n) is 6.74. The van der Waals surface area contributed by atoms with Gasteiger partial charge in [-0.05, 0) is 30.3 Å². The summed E-state index contributed by atoms with van der Waals surface area (Å²) in [7, 11) is 1.54. The molecule has 114 valence electrons. The smallest absolute Gasteiger partial charge is 0.318 e. The Morgan fingerprint density at radius 1 is 0.955 bits per heavy atom. The molecule has 22 heavy (non-hydrogen) atoms. The van der Waals surface area contributed by atoms with Crippen LogP contribution >= 0.6 is 11.8 Å². The highest BCUT2D eigenvalue weighted by Crippen LogP contribution is 2.18. The van der Waals surface area contributed by atoms with E-state index in [0.717, 1.165) is 4.90 Å². The number of nitrogens with one attached hydrogen (secondary N) is 3. The van der Waals surface area contributed by atoms with Crippen molar-refractivity contribution < 1.29 is 9.59 Å². The average Bonchev–Trinajstić information content (AvgIpc) is 2.54. The molecule has 3 N–H and O–H groups in total. The third-order valence-electron chi connectivity index (χ3n) is 2.74. The second-order valence-corrected chi connectivity index (χ2v) is 5.48. The highest BCUT2D eigenvalue weighted by molar-refractivity contribution is 8.00. The lowest BCUT2D eigenvalue weighted by Crippen LogP contribution is -2.24. The van der Waals surface area contributed by atoms with E-state index in [-0.39, 0.29) is 11.9 Å². The number of hydrogen-bond donors (Lipinski definition) is 3. The van der Waals surface area contributed by atoms with Gasteiger partial charge in [0, 0.05) is 23.3 Å². The van der Waals surface area contributed by atoms with Crippen molar-refractivity contribution in [3.05, 3.63) is 54.6 Å². The Morgan fingerprint density at radius 2 is 1.64 bits per heavy atom. The topological polar surface area (TPSA) is 70.2 Å². The number of hydrogen-bond acceptors (Lipinski definition) is 3. The zero-order valence-corrected chi connectivity index (χ0v) is 12.9. The Bertz CT molecular complexity index is 647. The minimum atomic E-state index is -0.303. The highest BCUT2D eigenvalue weighted by atomic mass is 32.2. The van der Waals surface area contributed by atoms with Gasteiger partial charge in [0.25, 0.3) is 0 Å². The van der Waals surface area contributed by atoms with Crippen LogP contribution < -0.4 is 16.0 Å². The van der Waals surface area contributed by atoms with Crippen LogP contribution in [0, 0.1) is 0 Å². The molecule has 0 spiro atoms. The van der Waals surface area contributed by atoms with Crippen molar-refractivity contribution in [1.82, 2.24) is 5.32 Å². The van der Waals surface area contributed by atoms with Crippen molar-refractivity contribution in [1.29, 1.82) is 0 Å². The van der Waals surface area contributed by atoms with Gasteiger partial charge >= 0.3 is 6.03 Å². The molecular weight excluding hydrogens is 298 g/mol. The third-order valence-corrected chi connectivity index (χ3v) is 3.76. The van der Waals surface area contributed by atoms with Crippen LogP contribution in [-0.4, -0.2) is 24.7 Å². The van der Waals surface area contributed by atoms with Gasteiger partial charge in [0.2, 0.25) is 5.91 Å². The minimum absolute atomic E-state index is 0.0917. The summed E-state index contributed by atoms with van der Waals surface area (Å²) in [6.45, 7) is 0. The van der Waals surface area contributed by atoms with Gasteiger partial charge in [-0.3, -0.25) is 4.79 Å². The molecule has 0 aromatic heterocycles. The molecule has 2 rings (SSSR count). The summed E-state index contributed by atoms with van der Waals surface area (Å²) in [5, 5.41) is 7.94. The maximum atomic E-state index is 11.9. The normalized spacial score (nSPS) is 9.86. The van der Waals surface area contributed by atoms with E-state index in [1.807, 2.05) is 30.3 Å². The lowest BCUT2D eigenvalue weighted by molar-refractivity contribution is -0.113. The van der Waals surface area contributed by atoms with E-state index in [9.17, 15) is 9.59 Å². The predicted molar refractivity (Wildman–Crippen MR) is 90.3 cm³/mol. The molecule has 0 radical (unpaired) electrons. The molecule has 0 aliphatic carbocycles. The van der Waals surface area contributed by atoms with Crippen LogP contribution in [0.5, 0.6) is 0 Å². The van der Waals surface area contributed by atoms with Crippen molar-refractivity contribution in [3.63, 3.8) is 0 Å². The summed E-state index contributed by atoms with van der Waals surface area (Å²) >= 11 is 1.47. The van der Waals surface area contributed by atoms with Gasteiger partial charge in [-0.1, -0.05) is 24.3 Å². The number of carbonyl (C=O) groups excluding carboxylic acids is 2. The molecule has 0 unspecified atom stereocenters. The van der Waals surface area contributed by atoms with Gasteiger partial charge in [0.05, 0.1) is 5.75 Å². The van der Waals surface area contributed by atoms with E-state index in [4.69, 9.17) is 0 Å². The number of anilines is 2. The number of benzene rings is 2. The Labute approximate surface area is 133 Å². The average molecular weight is 315 g/mol. The summed E-state index contributed by atoms with van der Waals surface area (Å²) < 4.78 is 0. The molecule has 0 aliphatic heterocycles. The SMILES string of the molecule is CNC(=O)Nc1cccc(NC(=O)CSc2ccccc2)c1. The molecular formula is C16H17N3O2S. The summed E-state index contributed by atoms with van der Waals surface area (Å²) in [6, 6.07) is 16.5. The van der Waals surface area contributed by atoms with Crippen LogP contribution in [0.25, 0.3) is 0 Å². The van der Waals surface area contributed by atoms with Crippen molar-refractivity contribution in [2.24, 2.45) is 0 Å². The maximum absolute atomic E-state index is 11.9. The van der Waals surface area contributed by atoms with Crippen LogP contribution in [0.4, 0.5) is 16.2 Å². The molecule has 3 amide bonds. The van der Waals surface area contributed by atoms with Crippen molar-refractivity contribution in [2.45, 2.75) is 4.90 Å². The zero-order chi connectivity index (χ0) is 15.8. The molecule has 0 saturated carbocycles. The Hall–Kier alpha value is -2.47. The predicted octanol–water partition coefficient (Wildman–Crippen LogP) is 3.17. The van der Waals surface area contributed by atoms with Crippen molar-refractivity contribution in [2.75, 3.05) is 23.4 Å². The first kappa shape index (κ1) is 15.9. The van der Waals surface area contributed by atoms with Gasteiger partial charge in [0.15, 0.2) is 0 Å². The molecule has 0 saturated heterocycles. The number of urea groups is 1. The lowest BCUT2D eigenvalue weighted by Gasteiger charge is -2.08. The molecule has 5 nitrogen and oxygen atoms in total. The number of amides is 3. The van der Waals surface area contributed by atoms with Gasteiger partial charge in [0.1, 0.15) is 0 Å². The summed E-state index contributed by atoms with van der Waals surface area (Å²) in [4.78, 5) is 24.3. The summed E-state index contributed by atoms with van der Waals surface area (Å²) in [5.74, 6) is 0.239.